The summed E-state index contributed by atoms with van der Waals surface area (Å²) < 4.78 is 0. The molecule has 6 heteroatoms. The third kappa shape index (κ3) is 3.29. The molecule has 1 saturated heterocycles. The summed E-state index contributed by atoms with van der Waals surface area (Å²) in [4.78, 5) is 36.1. The third-order valence-corrected chi connectivity index (χ3v) is 4.87. The van der Waals surface area contributed by atoms with E-state index in [4.69, 9.17) is 0 Å². The smallest absolute Gasteiger partial charge is 0.326 e. The normalized spacial score (nSPS) is 25.8. The first-order chi connectivity index (χ1) is 8.99. The maximum atomic E-state index is 12.0. The zero-order chi connectivity index (χ0) is 14.0. The number of hydrogen-bond donors (Lipinski definition) is 1. The van der Waals surface area contributed by atoms with E-state index in [1.54, 1.807) is 0 Å². The van der Waals surface area contributed by atoms with Crippen LogP contribution in [0.3, 0.4) is 0 Å². The van der Waals surface area contributed by atoms with Crippen molar-refractivity contribution >= 4 is 28.8 Å². The first kappa shape index (κ1) is 14.4. The van der Waals surface area contributed by atoms with Crippen molar-refractivity contribution in [2.45, 2.75) is 50.3 Å². The number of thioether (sulfide) groups is 1. The average molecular weight is 285 g/mol. The molecule has 19 heavy (non-hydrogen) atoms. The predicted octanol–water partition coefficient (Wildman–Crippen LogP) is 1.51. The summed E-state index contributed by atoms with van der Waals surface area (Å²) >= 11 is 1.15. The molecular weight excluding hydrogens is 266 g/mol. The standard InChI is InChI=1S/C13H19NO4S/c1-8(15)19-10-6-11(16)14(7-10)12(13(17)18)9-4-2-3-5-9/h9-10,12H,2-7H2,1H3,(H,17,18). The van der Waals surface area contributed by atoms with Crippen molar-refractivity contribution in [2.24, 2.45) is 5.92 Å². The molecule has 0 bridgehead atoms. The van der Waals surface area contributed by atoms with E-state index >= 15 is 0 Å². The molecule has 2 fully saturated rings. The van der Waals surface area contributed by atoms with Gasteiger partial charge >= 0.3 is 5.97 Å². The van der Waals surface area contributed by atoms with Gasteiger partial charge in [0.05, 0.1) is 0 Å². The fourth-order valence-electron chi connectivity index (χ4n) is 3.14. The number of nitrogens with zero attached hydrogens (tertiary/aromatic N) is 1. The molecule has 2 atom stereocenters. The van der Waals surface area contributed by atoms with Crippen molar-refractivity contribution in [1.82, 2.24) is 4.90 Å². The fraction of sp³-hybridized carbons (Fsp3) is 0.769. The van der Waals surface area contributed by atoms with Crippen LogP contribution < -0.4 is 0 Å². The molecule has 0 aromatic carbocycles. The topological polar surface area (TPSA) is 74.7 Å². The van der Waals surface area contributed by atoms with E-state index in [2.05, 4.69) is 0 Å². The highest BCUT2D eigenvalue weighted by Gasteiger charge is 2.42. The summed E-state index contributed by atoms with van der Waals surface area (Å²) in [6.45, 7) is 1.86. The summed E-state index contributed by atoms with van der Waals surface area (Å²) in [6.07, 6.45) is 4.13. The number of carboxylic acids is 1. The molecule has 1 heterocycles. The first-order valence-corrected chi connectivity index (χ1v) is 7.56. The largest absolute Gasteiger partial charge is 0.480 e. The molecule has 0 spiro atoms. The number of hydrogen-bond acceptors (Lipinski definition) is 4. The van der Waals surface area contributed by atoms with Crippen LogP contribution in [0.5, 0.6) is 0 Å². The Morgan fingerprint density at radius 1 is 1.37 bits per heavy atom. The van der Waals surface area contributed by atoms with Crippen LogP contribution in [0.2, 0.25) is 0 Å². The number of aliphatic carboxylic acids is 1. The van der Waals surface area contributed by atoms with Gasteiger partial charge in [-0.25, -0.2) is 4.79 Å². The van der Waals surface area contributed by atoms with E-state index in [0.29, 0.717) is 6.54 Å². The first-order valence-electron chi connectivity index (χ1n) is 6.68. The molecule has 106 valence electrons. The monoisotopic (exact) mass is 285 g/mol. The zero-order valence-electron chi connectivity index (χ0n) is 11.0. The van der Waals surface area contributed by atoms with Gasteiger partial charge in [0.25, 0.3) is 0 Å². The molecule has 1 saturated carbocycles. The Kier molecular flexibility index (Phi) is 4.50. The molecule has 2 unspecified atom stereocenters. The van der Waals surface area contributed by atoms with Crippen molar-refractivity contribution in [3.05, 3.63) is 0 Å². The van der Waals surface area contributed by atoms with E-state index in [0.717, 1.165) is 37.4 Å². The van der Waals surface area contributed by atoms with Gasteiger partial charge in [-0.05, 0) is 18.8 Å². The quantitative estimate of drug-likeness (QED) is 0.847. The van der Waals surface area contributed by atoms with Gasteiger partial charge in [-0.15, -0.1) is 0 Å². The summed E-state index contributed by atoms with van der Waals surface area (Å²) in [6, 6.07) is -0.701. The number of likely N-dealkylation sites (tertiary alicyclic amines) is 1. The Hall–Kier alpha value is -1.04. The molecule has 2 rings (SSSR count). The SMILES string of the molecule is CC(=O)SC1CC(=O)N(C(C(=O)O)C2CCCC2)C1. The highest BCUT2D eigenvalue weighted by Crippen LogP contribution is 2.34. The third-order valence-electron chi connectivity index (χ3n) is 3.89. The molecule has 0 aromatic heterocycles. The van der Waals surface area contributed by atoms with Crippen LogP contribution in [0.1, 0.15) is 39.0 Å². The average Bonchev–Trinajstić information content (AvgIpc) is 2.89. The second-order valence-corrected chi connectivity index (χ2v) is 6.79. The van der Waals surface area contributed by atoms with Gasteiger partial charge < -0.3 is 10.0 Å². The molecule has 2 aliphatic rings. The molecule has 1 aliphatic carbocycles. The molecule has 1 aliphatic heterocycles. The molecular formula is C13H19NO4S. The predicted molar refractivity (Wildman–Crippen MR) is 71.8 cm³/mol. The Labute approximate surface area is 116 Å². The van der Waals surface area contributed by atoms with Gasteiger partial charge in [-0.3, -0.25) is 9.59 Å². The number of carboxylic acid groups (broad SMARTS) is 1. The number of rotatable bonds is 4. The van der Waals surface area contributed by atoms with Crippen molar-refractivity contribution < 1.29 is 19.5 Å². The van der Waals surface area contributed by atoms with E-state index in [1.165, 1.54) is 11.8 Å². The maximum Gasteiger partial charge on any atom is 0.326 e. The lowest BCUT2D eigenvalue weighted by Crippen LogP contribution is -2.46. The second kappa shape index (κ2) is 5.94. The van der Waals surface area contributed by atoms with Crippen LogP contribution in [0.25, 0.3) is 0 Å². The van der Waals surface area contributed by atoms with Gasteiger partial charge in [0.15, 0.2) is 5.12 Å². The number of amides is 1. The fourth-order valence-corrected chi connectivity index (χ4v) is 4.07. The highest BCUT2D eigenvalue weighted by molar-refractivity contribution is 8.14. The Bertz CT molecular complexity index is 392. The minimum Gasteiger partial charge on any atom is -0.480 e. The summed E-state index contributed by atoms with van der Waals surface area (Å²) in [5.41, 5.74) is 0. The van der Waals surface area contributed by atoms with Crippen molar-refractivity contribution in [3.63, 3.8) is 0 Å². The molecule has 1 N–H and O–H groups in total. The highest BCUT2D eigenvalue weighted by atomic mass is 32.2. The van der Waals surface area contributed by atoms with Gasteiger partial charge in [-0.2, -0.15) is 0 Å². The van der Waals surface area contributed by atoms with Gasteiger partial charge in [0.2, 0.25) is 5.91 Å². The maximum absolute atomic E-state index is 12.0. The van der Waals surface area contributed by atoms with Crippen LogP contribution in [0, 0.1) is 5.92 Å². The lowest BCUT2D eigenvalue weighted by molar-refractivity contribution is -0.150. The van der Waals surface area contributed by atoms with E-state index in [-0.39, 0.29) is 28.6 Å². The van der Waals surface area contributed by atoms with E-state index < -0.39 is 12.0 Å². The van der Waals surface area contributed by atoms with Gasteiger partial charge in [-0.1, -0.05) is 24.6 Å². The van der Waals surface area contributed by atoms with Crippen molar-refractivity contribution in [2.75, 3.05) is 6.54 Å². The van der Waals surface area contributed by atoms with Crippen LogP contribution in [-0.2, 0) is 14.4 Å². The minimum atomic E-state index is -0.909. The van der Waals surface area contributed by atoms with E-state index in [1.807, 2.05) is 0 Å². The molecule has 1 amide bonds. The lowest BCUT2D eigenvalue weighted by atomic mass is 9.97. The number of carbonyl (C=O) groups is 3. The lowest BCUT2D eigenvalue weighted by Gasteiger charge is -2.29. The summed E-state index contributed by atoms with van der Waals surface area (Å²) in [7, 11) is 0. The van der Waals surface area contributed by atoms with Crippen LogP contribution in [0.15, 0.2) is 0 Å². The van der Waals surface area contributed by atoms with E-state index in [9.17, 15) is 19.5 Å². The molecule has 5 nitrogen and oxygen atoms in total. The Morgan fingerprint density at radius 3 is 2.53 bits per heavy atom. The molecule has 0 aromatic rings. The molecule has 0 radical (unpaired) electrons. The van der Waals surface area contributed by atoms with Crippen molar-refractivity contribution in [3.8, 4) is 0 Å². The van der Waals surface area contributed by atoms with Gasteiger partial charge in [0, 0.05) is 25.1 Å². The van der Waals surface area contributed by atoms with Crippen LogP contribution >= 0.6 is 11.8 Å². The summed E-state index contributed by atoms with van der Waals surface area (Å²) in [5.74, 6) is -0.964. The van der Waals surface area contributed by atoms with Crippen LogP contribution in [-0.4, -0.2) is 44.8 Å². The minimum absolute atomic E-state index is 0.0209. The zero-order valence-corrected chi connectivity index (χ0v) is 11.8. The Morgan fingerprint density at radius 2 is 2.00 bits per heavy atom. The Balaban J connectivity index is 2.07. The van der Waals surface area contributed by atoms with Crippen molar-refractivity contribution in [1.29, 1.82) is 0 Å². The second-order valence-electron chi connectivity index (χ2n) is 5.31. The van der Waals surface area contributed by atoms with Gasteiger partial charge in [0.1, 0.15) is 6.04 Å². The summed E-state index contributed by atoms with van der Waals surface area (Å²) in [5, 5.41) is 9.30. The number of carbonyl (C=O) groups excluding carboxylic acids is 2. The van der Waals surface area contributed by atoms with Crippen LogP contribution in [0.4, 0.5) is 0 Å².